The third kappa shape index (κ3) is 5.19. The van der Waals surface area contributed by atoms with Gasteiger partial charge in [-0.1, -0.05) is 19.8 Å². The van der Waals surface area contributed by atoms with E-state index in [0.717, 1.165) is 12.8 Å². The van der Waals surface area contributed by atoms with Gasteiger partial charge in [0.15, 0.2) is 8.38 Å². The molecular formula is C8H17O4P. The van der Waals surface area contributed by atoms with E-state index in [9.17, 15) is 4.79 Å². The van der Waals surface area contributed by atoms with Gasteiger partial charge < -0.3 is 14.5 Å². The topological polar surface area (TPSA) is 66.8 Å². The smallest absolute Gasteiger partial charge is 0.317 e. The Hall–Kier alpha value is -0.180. The van der Waals surface area contributed by atoms with Crippen LogP contribution in [0.15, 0.2) is 0 Å². The molecule has 0 saturated carbocycles. The summed E-state index contributed by atoms with van der Waals surface area (Å²) in [6.45, 7) is 3.97. The molecule has 5 heteroatoms. The predicted octanol–water partition coefficient (Wildman–Crippen LogP) is 1.40. The van der Waals surface area contributed by atoms with Gasteiger partial charge in [-0.25, -0.2) is 0 Å². The number of rotatable bonds is 6. The Morgan fingerprint density at radius 2 is 2.08 bits per heavy atom. The van der Waals surface area contributed by atoms with Crippen molar-refractivity contribution in [2.75, 3.05) is 6.61 Å². The van der Waals surface area contributed by atoms with Crippen LogP contribution in [-0.2, 0) is 9.53 Å². The minimum Gasteiger partial charge on any atom is -0.465 e. The van der Waals surface area contributed by atoms with Gasteiger partial charge >= 0.3 is 5.97 Å². The van der Waals surface area contributed by atoms with Crippen LogP contribution in [0.2, 0.25) is 0 Å². The van der Waals surface area contributed by atoms with Gasteiger partial charge in [0.05, 0.1) is 6.61 Å². The van der Waals surface area contributed by atoms with E-state index in [0.29, 0.717) is 6.42 Å². The van der Waals surface area contributed by atoms with Crippen LogP contribution in [0, 0.1) is 0 Å². The lowest BCUT2D eigenvalue weighted by atomic mass is 10.2. The third-order valence-electron chi connectivity index (χ3n) is 1.67. The maximum Gasteiger partial charge on any atom is 0.317 e. The molecule has 78 valence electrons. The molecule has 0 aliphatic carbocycles. The van der Waals surface area contributed by atoms with E-state index in [1.807, 2.05) is 6.92 Å². The number of carbonyl (C=O) groups excluding carboxylic acids is 1. The Kier molecular flexibility index (Phi) is 7.14. The summed E-state index contributed by atoms with van der Waals surface area (Å²) in [5.74, 6) is -0.493. The molecule has 13 heavy (non-hydrogen) atoms. The second-order valence-electron chi connectivity index (χ2n) is 2.73. The van der Waals surface area contributed by atoms with Gasteiger partial charge in [0, 0.05) is 0 Å². The normalized spacial score (nSPS) is 13.0. The summed E-state index contributed by atoms with van der Waals surface area (Å²) in [5, 5.41) is 0. The van der Waals surface area contributed by atoms with E-state index in [1.54, 1.807) is 6.92 Å². The molecule has 0 rings (SSSR count). The summed E-state index contributed by atoms with van der Waals surface area (Å²) in [6, 6.07) is 0. The molecule has 0 amide bonds. The molecule has 0 aromatic heterocycles. The summed E-state index contributed by atoms with van der Waals surface area (Å²) in [4.78, 5) is 29.1. The fraction of sp³-hybridized carbons (Fsp3) is 0.875. The summed E-state index contributed by atoms with van der Waals surface area (Å²) in [5.41, 5.74) is -0.727. The van der Waals surface area contributed by atoms with Crippen LogP contribution in [0.3, 0.4) is 0 Å². The van der Waals surface area contributed by atoms with Crippen LogP contribution in [0.5, 0.6) is 0 Å². The van der Waals surface area contributed by atoms with Crippen LogP contribution in [0.4, 0.5) is 0 Å². The average Bonchev–Trinajstić information content (AvgIpc) is 2.05. The Morgan fingerprint density at radius 3 is 2.46 bits per heavy atom. The van der Waals surface area contributed by atoms with E-state index in [1.165, 1.54) is 0 Å². The highest BCUT2D eigenvalue weighted by molar-refractivity contribution is 7.47. The van der Waals surface area contributed by atoms with Gasteiger partial charge in [-0.2, -0.15) is 0 Å². The van der Waals surface area contributed by atoms with Gasteiger partial charge in [0.2, 0.25) is 0 Å². The van der Waals surface area contributed by atoms with Gasteiger partial charge in [0.1, 0.15) is 5.66 Å². The molecule has 0 fully saturated rings. The molecule has 1 unspecified atom stereocenters. The number of hydrogen-bond acceptors (Lipinski definition) is 4. The van der Waals surface area contributed by atoms with Crippen molar-refractivity contribution in [2.45, 2.75) is 38.8 Å². The molecule has 0 radical (unpaired) electrons. The number of ether oxygens (including phenoxy) is 1. The second kappa shape index (κ2) is 7.25. The monoisotopic (exact) mass is 208 g/mol. The van der Waals surface area contributed by atoms with Crippen molar-refractivity contribution in [1.82, 2.24) is 0 Å². The van der Waals surface area contributed by atoms with E-state index in [2.05, 4.69) is 0 Å². The lowest BCUT2D eigenvalue weighted by Gasteiger charge is -2.15. The van der Waals surface area contributed by atoms with E-state index in [-0.39, 0.29) is 6.61 Å². The molecule has 0 aromatic rings. The third-order valence-corrected chi connectivity index (χ3v) is 2.70. The molecule has 1 atom stereocenters. The Labute approximate surface area is 79.8 Å². The van der Waals surface area contributed by atoms with Gasteiger partial charge in [0.25, 0.3) is 0 Å². The largest absolute Gasteiger partial charge is 0.465 e. The van der Waals surface area contributed by atoms with Crippen molar-refractivity contribution in [3.63, 3.8) is 0 Å². The van der Waals surface area contributed by atoms with Crippen molar-refractivity contribution in [3.8, 4) is 0 Å². The number of unbranched alkanes of at least 4 members (excludes halogenated alkanes) is 1. The van der Waals surface area contributed by atoms with Crippen LogP contribution in [-0.4, -0.2) is 28.0 Å². The van der Waals surface area contributed by atoms with Crippen molar-refractivity contribution in [1.29, 1.82) is 0 Å². The highest BCUT2D eigenvalue weighted by Crippen LogP contribution is 2.35. The van der Waals surface area contributed by atoms with E-state index in [4.69, 9.17) is 14.5 Å². The molecule has 0 saturated heterocycles. The Bertz CT molecular complexity index is 149. The number of carbonyl (C=O) groups is 1. The standard InChI is InChI=1S/C8H17O4P/c1-3-5-6-7(13(10)11)8(9)12-4-2/h7,10-11H,3-6H2,1-2H3. The van der Waals surface area contributed by atoms with Crippen molar-refractivity contribution in [3.05, 3.63) is 0 Å². The quantitative estimate of drug-likeness (QED) is 0.511. The molecule has 0 aromatic carbocycles. The fourth-order valence-corrected chi connectivity index (χ4v) is 1.64. The first-order valence-electron chi connectivity index (χ1n) is 4.47. The minimum atomic E-state index is -2.20. The molecular weight excluding hydrogens is 191 g/mol. The molecule has 0 heterocycles. The van der Waals surface area contributed by atoms with Crippen molar-refractivity contribution >= 4 is 14.3 Å². The van der Waals surface area contributed by atoms with Crippen LogP contribution in [0.25, 0.3) is 0 Å². The predicted molar refractivity (Wildman–Crippen MR) is 51.3 cm³/mol. The summed E-state index contributed by atoms with van der Waals surface area (Å²) in [6.07, 6.45) is 2.23. The molecule has 0 aliphatic rings. The highest BCUT2D eigenvalue weighted by atomic mass is 31.2. The molecule has 0 aliphatic heterocycles. The molecule has 0 bridgehead atoms. The fourth-order valence-electron chi connectivity index (χ4n) is 0.964. The van der Waals surface area contributed by atoms with Crippen LogP contribution >= 0.6 is 8.38 Å². The van der Waals surface area contributed by atoms with E-state index < -0.39 is 20.0 Å². The van der Waals surface area contributed by atoms with Crippen molar-refractivity contribution < 1.29 is 19.3 Å². The lowest BCUT2D eigenvalue weighted by molar-refractivity contribution is -0.142. The zero-order valence-electron chi connectivity index (χ0n) is 8.06. The summed E-state index contributed by atoms with van der Waals surface area (Å²) >= 11 is 0. The van der Waals surface area contributed by atoms with Crippen LogP contribution < -0.4 is 0 Å². The summed E-state index contributed by atoms with van der Waals surface area (Å²) < 4.78 is 4.72. The highest BCUT2D eigenvalue weighted by Gasteiger charge is 2.26. The first kappa shape index (κ1) is 12.8. The van der Waals surface area contributed by atoms with Gasteiger partial charge in [-0.3, -0.25) is 4.79 Å². The Morgan fingerprint density at radius 1 is 1.46 bits per heavy atom. The van der Waals surface area contributed by atoms with E-state index >= 15 is 0 Å². The molecule has 0 spiro atoms. The van der Waals surface area contributed by atoms with Gasteiger partial charge in [-0.05, 0) is 13.3 Å². The Balaban J connectivity index is 3.99. The number of hydrogen-bond donors (Lipinski definition) is 2. The SMILES string of the molecule is CCCCC(C(=O)OCC)P(O)O. The van der Waals surface area contributed by atoms with Crippen molar-refractivity contribution in [2.24, 2.45) is 0 Å². The minimum absolute atomic E-state index is 0.282. The summed E-state index contributed by atoms with van der Waals surface area (Å²) in [7, 11) is -2.20. The zero-order chi connectivity index (χ0) is 10.3. The first-order chi connectivity index (χ1) is 6.13. The maximum atomic E-state index is 11.2. The lowest BCUT2D eigenvalue weighted by Crippen LogP contribution is -2.21. The zero-order valence-corrected chi connectivity index (χ0v) is 8.96. The van der Waals surface area contributed by atoms with Crippen LogP contribution in [0.1, 0.15) is 33.1 Å². The number of esters is 1. The van der Waals surface area contributed by atoms with Gasteiger partial charge in [-0.15, -0.1) is 0 Å². The first-order valence-corrected chi connectivity index (χ1v) is 5.78. The average molecular weight is 208 g/mol. The molecule has 2 N–H and O–H groups in total. The second-order valence-corrected chi connectivity index (χ2v) is 3.99. The maximum absolute atomic E-state index is 11.2. The molecule has 4 nitrogen and oxygen atoms in total.